The van der Waals surface area contributed by atoms with Crippen LogP contribution in [0.1, 0.15) is 13.8 Å². The molecule has 146 valence electrons. The highest BCUT2D eigenvalue weighted by atomic mass is 28.5. The Morgan fingerprint density at radius 3 is 1.21 bits per heavy atom. The van der Waals surface area contributed by atoms with Gasteiger partial charge in [-0.25, -0.2) is 0 Å². The Hall–Kier alpha value is 0.924. The van der Waals surface area contributed by atoms with Crippen LogP contribution in [-0.2, 0) is 16.5 Å². The van der Waals surface area contributed by atoms with Crippen LogP contribution < -0.4 is 0 Å². The van der Waals surface area contributed by atoms with Crippen molar-refractivity contribution in [2.24, 2.45) is 5.92 Å². The van der Waals surface area contributed by atoms with Gasteiger partial charge in [-0.05, 0) is 84.0 Å². The van der Waals surface area contributed by atoms with Gasteiger partial charge in [0, 0.05) is 0 Å². The van der Waals surface area contributed by atoms with E-state index in [-0.39, 0.29) is 0 Å². The maximum absolute atomic E-state index is 6.58. The molecular weight excluding hydrogens is 385 g/mol. The topological polar surface area (TPSA) is 36.9 Å². The van der Waals surface area contributed by atoms with Crippen LogP contribution in [0.2, 0.25) is 78.1 Å². The zero-order valence-corrected chi connectivity index (χ0v) is 23.4. The second kappa shape index (κ2) is 8.30. The fraction of sp³-hybridized carbons (Fsp3) is 1.00. The van der Waals surface area contributed by atoms with E-state index in [1.54, 1.807) is 0 Å². The summed E-state index contributed by atoms with van der Waals surface area (Å²) in [5.74, 6) is 0.662. The molecule has 24 heavy (non-hydrogen) atoms. The Kier molecular flexibility index (Phi) is 8.62. The summed E-state index contributed by atoms with van der Waals surface area (Å²) in [7, 11) is -10.0. The Morgan fingerprint density at radius 2 is 0.875 bits per heavy atom. The number of hydrogen-bond acceptors (Lipinski definition) is 4. The summed E-state index contributed by atoms with van der Waals surface area (Å²) in [5.41, 5.74) is 0. The smallest absolute Gasteiger partial charge is 0.314 e. The second-order valence-electron chi connectivity index (χ2n) is 10.1. The molecule has 0 atom stereocenters. The van der Waals surface area contributed by atoms with E-state index in [4.69, 9.17) is 16.5 Å². The zero-order valence-electron chi connectivity index (χ0n) is 18.4. The van der Waals surface area contributed by atoms with Gasteiger partial charge in [-0.2, -0.15) is 0 Å². The molecule has 0 unspecified atom stereocenters. The van der Waals surface area contributed by atoms with Crippen LogP contribution in [0.5, 0.6) is 0 Å². The molecule has 0 amide bonds. The Labute approximate surface area is 156 Å². The van der Waals surface area contributed by atoms with Crippen LogP contribution in [0, 0.1) is 5.92 Å². The van der Waals surface area contributed by atoms with Gasteiger partial charge in [-0.1, -0.05) is 13.8 Å². The maximum Gasteiger partial charge on any atom is 0.314 e. The van der Waals surface area contributed by atoms with Gasteiger partial charge in [0.05, 0.1) is 0 Å². The van der Waals surface area contributed by atoms with Crippen molar-refractivity contribution in [1.82, 2.24) is 0 Å². The first-order valence-corrected chi connectivity index (χ1v) is 24.0. The molecule has 0 rings (SSSR count). The van der Waals surface area contributed by atoms with Crippen LogP contribution in [0.15, 0.2) is 0 Å². The van der Waals surface area contributed by atoms with E-state index in [1.807, 2.05) is 0 Å². The minimum absolute atomic E-state index is 0.662. The molecule has 0 aliphatic heterocycles. The van der Waals surface area contributed by atoms with Crippen molar-refractivity contribution in [2.45, 2.75) is 91.9 Å². The second-order valence-corrected chi connectivity index (χ2v) is 29.9. The summed E-state index contributed by atoms with van der Waals surface area (Å²) in [6, 6.07) is 1.16. The molecule has 0 aliphatic carbocycles. The van der Waals surface area contributed by atoms with E-state index < -0.39 is 42.3 Å². The molecule has 0 fully saturated rings. The predicted molar refractivity (Wildman–Crippen MR) is 117 cm³/mol. The molecular formula is C15H42O4Si5. The van der Waals surface area contributed by atoms with E-state index in [1.165, 1.54) is 0 Å². The van der Waals surface area contributed by atoms with E-state index >= 15 is 0 Å². The summed E-state index contributed by atoms with van der Waals surface area (Å²) in [4.78, 5) is 0. The highest BCUT2D eigenvalue weighted by Gasteiger charge is 2.45. The van der Waals surface area contributed by atoms with Crippen molar-refractivity contribution >= 4 is 42.3 Å². The average Bonchev–Trinajstić information content (AvgIpc) is 2.00. The lowest BCUT2D eigenvalue weighted by Gasteiger charge is -2.42. The van der Waals surface area contributed by atoms with Crippen molar-refractivity contribution in [3.63, 3.8) is 0 Å². The third kappa shape index (κ3) is 12.3. The summed E-state index contributed by atoms with van der Waals surface area (Å²) < 4.78 is 25.9. The van der Waals surface area contributed by atoms with E-state index in [0.717, 1.165) is 6.04 Å². The molecule has 0 aromatic carbocycles. The van der Waals surface area contributed by atoms with Crippen LogP contribution in [0.25, 0.3) is 0 Å². The molecule has 0 bridgehead atoms. The van der Waals surface area contributed by atoms with Crippen molar-refractivity contribution in [3.05, 3.63) is 0 Å². The molecule has 0 heterocycles. The molecule has 9 heteroatoms. The SMILES string of the molecule is CC(C)C[Si](C)(C)O[Si](C)(C)O[Si](C)(C)O[Si](C)(C)O[Si](C)(C)C. The predicted octanol–water partition coefficient (Wildman–Crippen LogP) is 5.85. The van der Waals surface area contributed by atoms with Crippen molar-refractivity contribution in [2.75, 3.05) is 0 Å². The first kappa shape index (κ1) is 24.9. The quantitative estimate of drug-likeness (QED) is 0.410. The molecule has 0 aromatic heterocycles. The summed E-state index contributed by atoms with van der Waals surface area (Å²) in [6.07, 6.45) is 0. The van der Waals surface area contributed by atoms with Gasteiger partial charge in [-0.15, -0.1) is 0 Å². The Bertz CT molecular complexity index is 403. The van der Waals surface area contributed by atoms with E-state index in [2.05, 4.69) is 85.9 Å². The third-order valence-electron chi connectivity index (χ3n) is 2.96. The maximum atomic E-state index is 6.58. The van der Waals surface area contributed by atoms with Crippen molar-refractivity contribution in [1.29, 1.82) is 0 Å². The third-order valence-corrected chi connectivity index (χ3v) is 21.2. The van der Waals surface area contributed by atoms with Gasteiger partial charge >= 0.3 is 25.7 Å². The van der Waals surface area contributed by atoms with Crippen LogP contribution in [-0.4, -0.2) is 42.3 Å². The average molecular weight is 427 g/mol. The molecule has 0 spiro atoms. The van der Waals surface area contributed by atoms with Gasteiger partial charge in [0.2, 0.25) is 0 Å². The van der Waals surface area contributed by atoms with Crippen LogP contribution in [0.3, 0.4) is 0 Å². The summed E-state index contributed by atoms with van der Waals surface area (Å²) in [6.45, 7) is 28.6. The molecule has 0 saturated carbocycles. The lowest BCUT2D eigenvalue weighted by molar-refractivity contribution is 0.298. The Morgan fingerprint density at radius 1 is 0.542 bits per heavy atom. The standard InChI is InChI=1S/C15H42O4Si5/c1-15(2)14-21(6,7)17-23(10,11)19-24(12,13)18-22(8,9)16-20(3,4)5/h15H,14H2,1-13H3. The lowest BCUT2D eigenvalue weighted by atomic mass is 10.3. The van der Waals surface area contributed by atoms with E-state index in [0.29, 0.717) is 5.92 Å². The first-order chi connectivity index (χ1) is 10.2. The number of hydrogen-bond donors (Lipinski definition) is 0. The summed E-state index contributed by atoms with van der Waals surface area (Å²) >= 11 is 0. The van der Waals surface area contributed by atoms with Crippen molar-refractivity contribution < 1.29 is 16.5 Å². The van der Waals surface area contributed by atoms with E-state index in [9.17, 15) is 0 Å². The summed E-state index contributed by atoms with van der Waals surface area (Å²) in [5, 5.41) is 0. The lowest BCUT2D eigenvalue weighted by Crippen LogP contribution is -2.58. The molecule has 0 radical (unpaired) electrons. The normalized spacial score (nSPS) is 15.2. The van der Waals surface area contributed by atoms with Crippen LogP contribution in [0.4, 0.5) is 0 Å². The van der Waals surface area contributed by atoms with Crippen LogP contribution >= 0.6 is 0 Å². The molecule has 0 aliphatic rings. The van der Waals surface area contributed by atoms with Gasteiger partial charge in [0.25, 0.3) is 0 Å². The highest BCUT2D eigenvalue weighted by Crippen LogP contribution is 2.28. The minimum Gasteiger partial charge on any atom is -0.437 e. The van der Waals surface area contributed by atoms with Gasteiger partial charge in [0.15, 0.2) is 16.6 Å². The van der Waals surface area contributed by atoms with Gasteiger partial charge in [0.1, 0.15) is 0 Å². The Balaban J connectivity index is 4.94. The van der Waals surface area contributed by atoms with Gasteiger partial charge < -0.3 is 16.5 Å². The van der Waals surface area contributed by atoms with Gasteiger partial charge in [-0.3, -0.25) is 0 Å². The minimum atomic E-state index is -2.30. The fourth-order valence-electron chi connectivity index (χ4n) is 3.67. The largest absolute Gasteiger partial charge is 0.437 e. The van der Waals surface area contributed by atoms with Crippen molar-refractivity contribution in [3.8, 4) is 0 Å². The fourth-order valence-corrected chi connectivity index (χ4v) is 28.3. The monoisotopic (exact) mass is 426 g/mol. The molecule has 4 nitrogen and oxygen atoms in total. The molecule has 0 aromatic rings. The molecule has 0 N–H and O–H groups in total. The first-order valence-electron chi connectivity index (χ1n) is 9.05. The highest BCUT2D eigenvalue weighted by molar-refractivity contribution is 6.90. The number of rotatable bonds is 10. The molecule has 0 saturated heterocycles. The zero-order chi connectivity index (χ0) is 19.6.